The van der Waals surface area contributed by atoms with Gasteiger partial charge in [-0.25, -0.2) is 0 Å². The smallest absolute Gasteiger partial charge is 0.317 e. The molecule has 116 valence electrons. The Bertz CT molecular complexity index is 348. The number of ether oxygens (including phenoxy) is 1. The molecular weight excluding hydrogens is 260 g/mol. The number of nitrogens with one attached hydrogen (secondary N) is 2. The Labute approximate surface area is 120 Å². The molecular formula is C14H26N2O4. The van der Waals surface area contributed by atoms with Crippen molar-refractivity contribution in [2.75, 3.05) is 19.6 Å². The third kappa shape index (κ3) is 4.45. The number of carboxylic acid groups (broad SMARTS) is 1. The number of amides is 1. The zero-order chi connectivity index (χ0) is 15.3. The molecule has 1 heterocycles. The van der Waals surface area contributed by atoms with Gasteiger partial charge in [-0.3, -0.25) is 9.59 Å². The minimum Gasteiger partial charge on any atom is -0.480 e. The van der Waals surface area contributed by atoms with Gasteiger partial charge >= 0.3 is 5.97 Å². The molecule has 1 aliphatic rings. The second-order valence-electron chi connectivity index (χ2n) is 5.70. The minimum absolute atomic E-state index is 0.0714. The summed E-state index contributed by atoms with van der Waals surface area (Å²) in [7, 11) is 0. The van der Waals surface area contributed by atoms with Crippen molar-refractivity contribution < 1.29 is 19.4 Å². The molecule has 1 amide bonds. The van der Waals surface area contributed by atoms with Crippen LogP contribution in [-0.4, -0.2) is 48.8 Å². The molecule has 6 heteroatoms. The van der Waals surface area contributed by atoms with Crippen molar-refractivity contribution in [3.63, 3.8) is 0 Å². The summed E-state index contributed by atoms with van der Waals surface area (Å²) in [5.41, 5.74) is 0. The van der Waals surface area contributed by atoms with Gasteiger partial charge in [-0.05, 0) is 24.7 Å². The van der Waals surface area contributed by atoms with E-state index in [1.165, 1.54) is 0 Å². The molecule has 1 fully saturated rings. The molecule has 1 saturated heterocycles. The van der Waals surface area contributed by atoms with Crippen molar-refractivity contribution in [2.24, 2.45) is 17.8 Å². The van der Waals surface area contributed by atoms with Gasteiger partial charge in [-0.15, -0.1) is 0 Å². The monoisotopic (exact) mass is 286 g/mol. The van der Waals surface area contributed by atoms with Crippen molar-refractivity contribution in [2.45, 2.75) is 39.9 Å². The van der Waals surface area contributed by atoms with Crippen LogP contribution in [-0.2, 0) is 14.3 Å². The van der Waals surface area contributed by atoms with E-state index >= 15 is 0 Å². The normalized spacial score (nSPS) is 33.7. The van der Waals surface area contributed by atoms with E-state index in [0.717, 1.165) is 0 Å². The Morgan fingerprint density at radius 3 is 2.30 bits per heavy atom. The zero-order valence-corrected chi connectivity index (χ0v) is 12.7. The summed E-state index contributed by atoms with van der Waals surface area (Å²) in [4.78, 5) is 22.4. The zero-order valence-electron chi connectivity index (χ0n) is 12.7. The number of carbonyl (C=O) groups excluding carboxylic acids is 1. The maximum Gasteiger partial charge on any atom is 0.317 e. The Hall–Kier alpha value is -1.14. The first-order valence-corrected chi connectivity index (χ1v) is 7.20. The highest BCUT2D eigenvalue weighted by Crippen LogP contribution is 2.34. The summed E-state index contributed by atoms with van der Waals surface area (Å²) in [5.74, 6) is 0.0246. The molecule has 20 heavy (non-hydrogen) atoms. The molecule has 1 rings (SSSR count). The lowest BCUT2D eigenvalue weighted by Gasteiger charge is -2.41. The van der Waals surface area contributed by atoms with Crippen molar-refractivity contribution in [3.8, 4) is 0 Å². The van der Waals surface area contributed by atoms with Gasteiger partial charge < -0.3 is 20.5 Å². The van der Waals surface area contributed by atoms with Crippen LogP contribution < -0.4 is 10.6 Å². The maximum atomic E-state index is 12.1. The van der Waals surface area contributed by atoms with Crippen LogP contribution >= 0.6 is 0 Å². The van der Waals surface area contributed by atoms with Gasteiger partial charge in [0.15, 0.2) is 0 Å². The molecule has 0 spiro atoms. The fourth-order valence-corrected chi connectivity index (χ4v) is 2.53. The summed E-state index contributed by atoms with van der Waals surface area (Å²) in [6.07, 6.45) is -0.349. The number of hydrogen-bond acceptors (Lipinski definition) is 4. The highest BCUT2D eigenvalue weighted by molar-refractivity contribution is 5.81. The standard InChI is InChI=1S/C14H26N2O4/c1-8-9(2)11(4)20-13(10(8)3)14(19)16-6-5-15-7-12(17)18/h8-11,13,15H,5-7H2,1-4H3,(H,16,19)(H,17,18). The fourth-order valence-electron chi connectivity index (χ4n) is 2.53. The van der Waals surface area contributed by atoms with Gasteiger partial charge in [0, 0.05) is 13.1 Å². The second kappa shape index (κ2) is 7.59. The SMILES string of the molecule is CC1OC(C(=O)NCCNCC(=O)O)C(C)C(C)C1C. The Morgan fingerprint density at radius 1 is 1.05 bits per heavy atom. The van der Waals surface area contributed by atoms with E-state index in [4.69, 9.17) is 9.84 Å². The van der Waals surface area contributed by atoms with Gasteiger partial charge in [-0.2, -0.15) is 0 Å². The highest BCUT2D eigenvalue weighted by Gasteiger charge is 2.40. The van der Waals surface area contributed by atoms with Crippen molar-refractivity contribution in [1.82, 2.24) is 10.6 Å². The van der Waals surface area contributed by atoms with Crippen LogP contribution in [0.25, 0.3) is 0 Å². The summed E-state index contributed by atoms with van der Waals surface area (Å²) in [6.45, 7) is 9.08. The van der Waals surface area contributed by atoms with E-state index in [9.17, 15) is 9.59 Å². The van der Waals surface area contributed by atoms with Crippen LogP contribution in [0.15, 0.2) is 0 Å². The van der Waals surface area contributed by atoms with Gasteiger partial charge in [0.1, 0.15) is 6.10 Å². The van der Waals surface area contributed by atoms with E-state index in [2.05, 4.69) is 24.5 Å². The largest absolute Gasteiger partial charge is 0.480 e. The Morgan fingerprint density at radius 2 is 1.70 bits per heavy atom. The third-order valence-corrected chi connectivity index (χ3v) is 4.37. The number of aliphatic carboxylic acids is 1. The van der Waals surface area contributed by atoms with Crippen LogP contribution in [0.1, 0.15) is 27.7 Å². The van der Waals surface area contributed by atoms with E-state index in [-0.39, 0.29) is 24.5 Å². The summed E-state index contributed by atoms with van der Waals surface area (Å²) < 4.78 is 5.81. The third-order valence-electron chi connectivity index (χ3n) is 4.37. The minimum atomic E-state index is -0.905. The lowest BCUT2D eigenvalue weighted by Crippen LogP contribution is -2.51. The quantitative estimate of drug-likeness (QED) is 0.618. The predicted octanol–water partition coefficient (Wildman–Crippen LogP) is 0.472. The molecule has 6 nitrogen and oxygen atoms in total. The predicted molar refractivity (Wildman–Crippen MR) is 75.3 cm³/mol. The first-order chi connectivity index (χ1) is 9.34. The Kier molecular flexibility index (Phi) is 6.42. The van der Waals surface area contributed by atoms with Gasteiger partial charge in [-0.1, -0.05) is 20.8 Å². The maximum absolute atomic E-state index is 12.1. The average molecular weight is 286 g/mol. The molecule has 0 radical (unpaired) electrons. The van der Waals surface area contributed by atoms with Crippen molar-refractivity contribution in [3.05, 3.63) is 0 Å². The van der Waals surface area contributed by atoms with E-state index in [1.807, 2.05) is 13.8 Å². The fraction of sp³-hybridized carbons (Fsp3) is 0.857. The number of hydrogen-bond donors (Lipinski definition) is 3. The summed E-state index contributed by atoms with van der Waals surface area (Å²) in [5, 5.41) is 14.0. The highest BCUT2D eigenvalue weighted by atomic mass is 16.5. The Balaban J connectivity index is 2.37. The van der Waals surface area contributed by atoms with E-state index in [1.54, 1.807) is 0 Å². The number of carbonyl (C=O) groups is 2. The van der Waals surface area contributed by atoms with E-state index in [0.29, 0.717) is 24.9 Å². The van der Waals surface area contributed by atoms with Crippen LogP contribution in [0, 0.1) is 17.8 Å². The summed E-state index contributed by atoms with van der Waals surface area (Å²) >= 11 is 0. The van der Waals surface area contributed by atoms with Crippen LogP contribution in [0.5, 0.6) is 0 Å². The molecule has 0 bridgehead atoms. The molecule has 0 aliphatic carbocycles. The van der Waals surface area contributed by atoms with Crippen LogP contribution in [0.3, 0.4) is 0 Å². The molecule has 3 N–H and O–H groups in total. The summed E-state index contributed by atoms with van der Waals surface area (Å²) in [6, 6.07) is 0. The van der Waals surface area contributed by atoms with Crippen LogP contribution in [0.2, 0.25) is 0 Å². The van der Waals surface area contributed by atoms with Gasteiger partial charge in [0.05, 0.1) is 12.6 Å². The van der Waals surface area contributed by atoms with E-state index < -0.39 is 12.1 Å². The first-order valence-electron chi connectivity index (χ1n) is 7.20. The molecule has 0 saturated carbocycles. The second-order valence-corrected chi connectivity index (χ2v) is 5.70. The van der Waals surface area contributed by atoms with Crippen molar-refractivity contribution in [1.29, 1.82) is 0 Å². The van der Waals surface area contributed by atoms with Gasteiger partial charge in [0.25, 0.3) is 0 Å². The molecule has 0 aromatic carbocycles. The lowest BCUT2D eigenvalue weighted by atomic mass is 9.76. The van der Waals surface area contributed by atoms with Crippen molar-refractivity contribution >= 4 is 11.9 Å². The number of rotatable bonds is 6. The first kappa shape index (κ1) is 16.9. The van der Waals surface area contributed by atoms with Crippen LogP contribution in [0.4, 0.5) is 0 Å². The molecule has 5 unspecified atom stereocenters. The molecule has 5 atom stereocenters. The van der Waals surface area contributed by atoms with Gasteiger partial charge in [0.2, 0.25) is 5.91 Å². The number of carboxylic acids is 1. The molecule has 1 aliphatic heterocycles. The molecule has 0 aromatic rings. The molecule has 0 aromatic heterocycles. The topological polar surface area (TPSA) is 87.7 Å². The lowest BCUT2D eigenvalue weighted by molar-refractivity contribution is -0.160. The average Bonchev–Trinajstić information content (AvgIpc) is 2.39.